The van der Waals surface area contributed by atoms with Crippen molar-refractivity contribution in [3.63, 3.8) is 0 Å². The molecule has 0 bridgehead atoms. The highest BCUT2D eigenvalue weighted by Gasteiger charge is 2.44. The summed E-state index contributed by atoms with van der Waals surface area (Å²) in [6.07, 6.45) is 0.0975. The van der Waals surface area contributed by atoms with Gasteiger partial charge in [-0.2, -0.15) is 0 Å². The molecule has 0 amide bonds. The zero-order valence-electron chi connectivity index (χ0n) is 25.0. The van der Waals surface area contributed by atoms with Crippen molar-refractivity contribution in [1.82, 2.24) is 0 Å². The Bertz CT molecular complexity index is 1560. The monoisotopic (exact) mass is 638 g/mol. The van der Waals surface area contributed by atoms with Crippen molar-refractivity contribution in [2.75, 3.05) is 26.4 Å². The number of rotatable bonds is 14. The maximum atomic E-state index is 11.3. The molecule has 1 aliphatic heterocycles. The predicted octanol–water partition coefficient (Wildman–Crippen LogP) is 5.47. The molecule has 0 aromatic heterocycles. The molecule has 1 aliphatic rings. The normalized spacial score (nSPS) is 14.0. The van der Waals surface area contributed by atoms with E-state index in [4.69, 9.17) is 18.9 Å². The molecule has 1 heterocycles. The number of ether oxygens (including phenoxy) is 4. The van der Waals surface area contributed by atoms with E-state index >= 15 is 0 Å². The van der Waals surface area contributed by atoms with Gasteiger partial charge in [0.1, 0.15) is 50.1 Å². The van der Waals surface area contributed by atoms with Gasteiger partial charge in [-0.05, 0) is 58.7 Å². The Hall–Kier alpha value is -4.83. The zero-order valence-corrected chi connectivity index (χ0v) is 25.9. The van der Waals surface area contributed by atoms with Crippen molar-refractivity contribution in [2.45, 2.75) is 27.4 Å². The van der Waals surface area contributed by atoms with Crippen LogP contribution in [-0.2, 0) is 24.5 Å². The van der Waals surface area contributed by atoms with Crippen molar-refractivity contribution in [3.05, 3.63) is 145 Å². The Morgan fingerprint density at radius 3 is 1.41 bits per heavy atom. The van der Waals surface area contributed by atoms with Crippen molar-refractivity contribution in [2.24, 2.45) is 0 Å². The lowest BCUT2D eigenvalue weighted by molar-refractivity contribution is -0.142. The number of fused-ring (bicyclic) bond motifs is 2. The third-order valence-corrected chi connectivity index (χ3v) is 8.58. The first-order valence-corrected chi connectivity index (χ1v) is 15.4. The van der Waals surface area contributed by atoms with E-state index in [0.29, 0.717) is 11.5 Å². The van der Waals surface area contributed by atoms with Crippen LogP contribution in [-0.4, -0.2) is 60.8 Å². The molecule has 0 saturated heterocycles. The Balaban J connectivity index is 1.46. The van der Waals surface area contributed by atoms with Gasteiger partial charge in [-0.15, -0.1) is 0 Å². The van der Waals surface area contributed by atoms with Crippen LogP contribution in [0.2, 0.25) is 0 Å². The molecule has 2 atom stereocenters. The summed E-state index contributed by atoms with van der Waals surface area (Å²) in [6, 6.07) is 32.2. The second-order valence-corrected chi connectivity index (χ2v) is 11.6. The van der Waals surface area contributed by atoms with Crippen LogP contribution in [0.1, 0.15) is 22.3 Å². The average molecular weight is 639 g/mol. The van der Waals surface area contributed by atoms with Crippen LogP contribution in [0.5, 0.6) is 11.5 Å². The van der Waals surface area contributed by atoms with Crippen LogP contribution in [0, 0.1) is 0 Å². The van der Waals surface area contributed by atoms with Gasteiger partial charge in [0, 0.05) is 21.9 Å². The number of esters is 2. The fourth-order valence-corrected chi connectivity index (χ4v) is 6.53. The highest BCUT2D eigenvalue weighted by molar-refractivity contribution is 7.99. The Kier molecular flexibility index (Phi) is 10.6. The van der Waals surface area contributed by atoms with Gasteiger partial charge in [-0.1, -0.05) is 85.6 Å². The molecule has 8 nitrogen and oxygen atoms in total. The molecule has 2 unspecified atom stereocenters. The molecule has 5 rings (SSSR count). The lowest BCUT2D eigenvalue weighted by Gasteiger charge is -2.42. The number of hydrogen-bond donors (Lipinski definition) is 2. The van der Waals surface area contributed by atoms with Gasteiger partial charge < -0.3 is 29.2 Å². The average Bonchev–Trinajstić information content (AvgIpc) is 3.10. The highest BCUT2D eigenvalue weighted by Crippen LogP contribution is 2.55. The largest absolute Gasteiger partial charge is 0.491 e. The lowest BCUT2D eigenvalue weighted by Crippen LogP contribution is -2.34. The Morgan fingerprint density at radius 2 is 1.02 bits per heavy atom. The molecule has 4 aromatic carbocycles. The number of benzene rings is 4. The van der Waals surface area contributed by atoms with Crippen LogP contribution >= 0.6 is 11.8 Å². The zero-order chi connectivity index (χ0) is 32.5. The summed E-state index contributed by atoms with van der Waals surface area (Å²) in [5.41, 5.74) is 3.58. The van der Waals surface area contributed by atoms with E-state index in [1.807, 2.05) is 72.8 Å². The van der Waals surface area contributed by atoms with Crippen LogP contribution in [0.15, 0.2) is 132 Å². The third-order valence-electron chi connectivity index (χ3n) is 7.43. The summed E-state index contributed by atoms with van der Waals surface area (Å²) in [5, 5.41) is 20.4. The fourth-order valence-electron chi connectivity index (χ4n) is 5.34. The maximum Gasteiger partial charge on any atom is 0.330 e. The van der Waals surface area contributed by atoms with Gasteiger partial charge in [0.2, 0.25) is 0 Å². The predicted molar refractivity (Wildman–Crippen MR) is 174 cm³/mol. The second kappa shape index (κ2) is 15.0. The van der Waals surface area contributed by atoms with Gasteiger partial charge in [-0.25, -0.2) is 9.59 Å². The van der Waals surface area contributed by atoms with E-state index in [1.165, 1.54) is 0 Å². The van der Waals surface area contributed by atoms with Gasteiger partial charge >= 0.3 is 11.9 Å². The molecular formula is C37H34O8S. The molecule has 0 saturated carbocycles. The Labute approximate surface area is 271 Å². The van der Waals surface area contributed by atoms with Crippen molar-refractivity contribution in [1.29, 1.82) is 0 Å². The third kappa shape index (κ3) is 7.18. The summed E-state index contributed by atoms with van der Waals surface area (Å²) >= 11 is 1.73. The van der Waals surface area contributed by atoms with E-state index in [9.17, 15) is 19.8 Å². The van der Waals surface area contributed by atoms with Crippen molar-refractivity contribution in [3.8, 4) is 11.5 Å². The highest BCUT2D eigenvalue weighted by atomic mass is 32.2. The first-order chi connectivity index (χ1) is 22.3. The summed E-state index contributed by atoms with van der Waals surface area (Å²) < 4.78 is 21.4. The number of aliphatic hydroxyl groups is 2. The van der Waals surface area contributed by atoms with Crippen LogP contribution < -0.4 is 9.47 Å². The first-order valence-electron chi connectivity index (χ1n) is 14.6. The molecule has 0 fully saturated rings. The smallest absolute Gasteiger partial charge is 0.330 e. The van der Waals surface area contributed by atoms with E-state index in [1.54, 1.807) is 11.8 Å². The molecule has 0 spiro atoms. The summed E-state index contributed by atoms with van der Waals surface area (Å²) in [7, 11) is 0. The van der Waals surface area contributed by atoms with Crippen LogP contribution in [0.4, 0.5) is 0 Å². The topological polar surface area (TPSA) is 112 Å². The molecule has 0 radical (unpaired) electrons. The molecule has 4 aromatic rings. The molecular weight excluding hydrogens is 604 g/mol. The van der Waals surface area contributed by atoms with E-state index in [-0.39, 0.29) is 26.4 Å². The minimum atomic E-state index is -0.993. The maximum absolute atomic E-state index is 11.3. The quantitative estimate of drug-likeness (QED) is 0.121. The Morgan fingerprint density at radius 1 is 0.630 bits per heavy atom. The molecule has 2 N–H and O–H groups in total. The first kappa shape index (κ1) is 32.6. The second-order valence-electron chi connectivity index (χ2n) is 10.5. The van der Waals surface area contributed by atoms with Crippen LogP contribution in [0.3, 0.4) is 0 Å². The van der Waals surface area contributed by atoms with E-state index in [0.717, 1.165) is 44.2 Å². The van der Waals surface area contributed by atoms with Crippen molar-refractivity contribution < 1.29 is 38.7 Å². The number of aliphatic hydroxyl groups excluding tert-OH is 2. The molecule has 0 aliphatic carbocycles. The van der Waals surface area contributed by atoms with Gasteiger partial charge in [-0.3, -0.25) is 0 Å². The van der Waals surface area contributed by atoms with E-state index in [2.05, 4.69) is 37.4 Å². The SMILES string of the molecule is C=CC(=O)OCC(O)COc1ccc(C2(c3ccc(OCC(O)COC(=O)C=C)cc3)c3ccccc3Sc3ccccc32)cc1. The number of hydrogen-bond acceptors (Lipinski definition) is 9. The lowest BCUT2D eigenvalue weighted by atomic mass is 9.65. The summed E-state index contributed by atoms with van der Waals surface area (Å²) in [6.45, 7) is 6.20. The van der Waals surface area contributed by atoms with Crippen molar-refractivity contribution >= 4 is 23.7 Å². The molecule has 9 heteroatoms. The number of carbonyl (C=O) groups is 2. The van der Waals surface area contributed by atoms with Gasteiger partial charge in [0.05, 0.1) is 5.41 Å². The van der Waals surface area contributed by atoms with E-state index < -0.39 is 29.6 Å². The summed E-state index contributed by atoms with van der Waals surface area (Å²) in [5.74, 6) is -0.103. The van der Waals surface area contributed by atoms with Gasteiger partial charge in [0.25, 0.3) is 0 Å². The number of carbonyl (C=O) groups excluding carboxylic acids is 2. The van der Waals surface area contributed by atoms with Crippen LogP contribution in [0.25, 0.3) is 0 Å². The minimum absolute atomic E-state index is 0.0515. The fraction of sp³-hybridized carbons (Fsp3) is 0.189. The molecule has 236 valence electrons. The standard InChI is InChI=1S/C37H34O8S/c1-3-35(40)44-23-27(38)21-42-29-17-13-25(14-18-29)37(31-9-5-7-11-33(31)46-34-12-8-6-10-32(34)37)26-15-19-30(20-16-26)43-22-28(39)24-45-36(41)4-2/h3-20,27-28,38-39H,1-2,21-24H2. The summed E-state index contributed by atoms with van der Waals surface area (Å²) in [4.78, 5) is 24.9. The van der Waals surface area contributed by atoms with Gasteiger partial charge in [0.15, 0.2) is 0 Å². The minimum Gasteiger partial charge on any atom is -0.491 e. The molecule has 46 heavy (non-hydrogen) atoms.